The number of ether oxygens (including phenoxy) is 3. The predicted octanol–water partition coefficient (Wildman–Crippen LogP) is 0.249. The van der Waals surface area contributed by atoms with Crippen LogP contribution in [-0.2, 0) is 23.8 Å². The van der Waals surface area contributed by atoms with Crippen LogP contribution in [0.1, 0.15) is 92.9 Å². The number of esters is 1. The Bertz CT molecular complexity index is 1260. The molecule has 0 aromatic carbocycles. The van der Waals surface area contributed by atoms with Crippen LogP contribution in [0.25, 0.3) is 0 Å². The van der Waals surface area contributed by atoms with E-state index in [0.717, 1.165) is 0 Å². The van der Waals surface area contributed by atoms with E-state index in [1.807, 2.05) is 13.8 Å². The van der Waals surface area contributed by atoms with E-state index in [2.05, 4.69) is 0 Å². The van der Waals surface area contributed by atoms with Gasteiger partial charge in [0.25, 0.3) is 0 Å². The zero-order valence-corrected chi connectivity index (χ0v) is 28.9. The van der Waals surface area contributed by atoms with Gasteiger partial charge >= 0.3 is 5.97 Å². The first-order valence-electron chi connectivity index (χ1n) is 17.4. The van der Waals surface area contributed by atoms with Gasteiger partial charge in [-0.3, -0.25) is 9.59 Å². The summed E-state index contributed by atoms with van der Waals surface area (Å²) in [7, 11) is 0. The summed E-state index contributed by atoms with van der Waals surface area (Å²) < 4.78 is 16.8. The third-order valence-corrected chi connectivity index (χ3v) is 13.1. The van der Waals surface area contributed by atoms with E-state index in [1.54, 1.807) is 20.8 Å². The Balaban J connectivity index is 1.35. The Labute approximate surface area is 281 Å². The summed E-state index contributed by atoms with van der Waals surface area (Å²) in [5.41, 5.74) is -4.85. The van der Waals surface area contributed by atoms with Crippen LogP contribution in [0.15, 0.2) is 11.6 Å². The molecule has 8 N–H and O–H groups in total. The van der Waals surface area contributed by atoms with Crippen LogP contribution >= 0.6 is 0 Å². The maximum atomic E-state index is 13.9. The third kappa shape index (κ3) is 6.09. The molecule has 274 valence electrons. The molecule has 0 amide bonds. The monoisotopic (exact) mass is 684 g/mol. The Morgan fingerprint density at radius 1 is 1.06 bits per heavy atom. The summed E-state index contributed by atoms with van der Waals surface area (Å²) in [6.45, 7) is 9.65. The molecule has 5 rings (SSSR count). The van der Waals surface area contributed by atoms with E-state index in [0.29, 0.717) is 31.3 Å². The van der Waals surface area contributed by atoms with Crippen LogP contribution in [0.4, 0.5) is 0 Å². The molecule has 1 heterocycles. The zero-order valence-electron chi connectivity index (χ0n) is 28.9. The van der Waals surface area contributed by atoms with Crippen molar-refractivity contribution in [3.63, 3.8) is 0 Å². The summed E-state index contributed by atoms with van der Waals surface area (Å²) in [5.74, 6) is -1.99. The number of fused-ring (bicyclic) bond motifs is 5. The lowest BCUT2D eigenvalue weighted by Gasteiger charge is -2.61. The van der Waals surface area contributed by atoms with Crippen LogP contribution in [0.5, 0.6) is 0 Å². The van der Waals surface area contributed by atoms with Gasteiger partial charge in [-0.05, 0) is 101 Å². The molecule has 4 aliphatic carbocycles. The van der Waals surface area contributed by atoms with E-state index in [1.165, 1.54) is 13.0 Å². The normalized spacial score (nSPS) is 46.5. The lowest BCUT2D eigenvalue weighted by molar-refractivity contribution is -0.322. The van der Waals surface area contributed by atoms with Crippen molar-refractivity contribution in [2.45, 2.75) is 159 Å². The lowest BCUT2D eigenvalue weighted by Crippen LogP contribution is -2.64. The van der Waals surface area contributed by atoms with Gasteiger partial charge in [0, 0.05) is 18.3 Å². The lowest BCUT2D eigenvalue weighted by atomic mass is 9.45. The minimum absolute atomic E-state index is 0.0920. The second-order valence-corrected chi connectivity index (χ2v) is 16.5. The highest BCUT2D eigenvalue weighted by Crippen LogP contribution is 2.68. The molecular formula is C35H56O13. The van der Waals surface area contributed by atoms with Crippen LogP contribution in [-0.4, -0.2) is 125 Å². The number of aliphatic hydroxyl groups excluding tert-OH is 6. The molecule has 0 aromatic rings. The van der Waals surface area contributed by atoms with Crippen molar-refractivity contribution >= 4 is 11.8 Å². The Hall–Kier alpha value is -1.52. The van der Waals surface area contributed by atoms with Crippen molar-refractivity contribution in [2.75, 3.05) is 6.61 Å². The fourth-order valence-electron chi connectivity index (χ4n) is 10.2. The number of allylic oxidation sites excluding steroid dienone is 1. The van der Waals surface area contributed by atoms with Gasteiger partial charge < -0.3 is 55.1 Å². The first kappa shape index (κ1) is 37.7. The molecule has 3 saturated carbocycles. The zero-order chi connectivity index (χ0) is 35.8. The molecule has 0 spiro atoms. The van der Waals surface area contributed by atoms with E-state index in [-0.39, 0.29) is 37.4 Å². The fraction of sp³-hybridized carbons (Fsp3) is 0.886. The highest BCUT2D eigenvalue weighted by molar-refractivity contribution is 5.95. The first-order valence-corrected chi connectivity index (χ1v) is 17.4. The number of hydrogen-bond donors (Lipinski definition) is 8. The van der Waals surface area contributed by atoms with Crippen LogP contribution < -0.4 is 0 Å². The number of carbonyl (C=O) groups excluding carboxylic acids is 2. The number of ketones is 1. The summed E-state index contributed by atoms with van der Waals surface area (Å²) >= 11 is 0. The van der Waals surface area contributed by atoms with Crippen molar-refractivity contribution in [2.24, 2.45) is 28.6 Å². The van der Waals surface area contributed by atoms with Crippen molar-refractivity contribution in [3.8, 4) is 0 Å². The van der Waals surface area contributed by atoms with Crippen molar-refractivity contribution < 1.29 is 64.7 Å². The van der Waals surface area contributed by atoms with Crippen molar-refractivity contribution in [3.05, 3.63) is 11.6 Å². The SMILES string of the molecule is CC(=O)OC(C)(C)CC[C@@H](O)[C@](C)(O)[C@H]1CC[C@@]2(O)C3=CC(=O)[C@@H]4C[C@@H](O[C@@H]5O[C@H](CO)[C@@H](O)[C@H](O)[C@H]5O)[C@@H](O)C[C@]4(C)[C@H]3CC[C@]12C. The minimum atomic E-state index is -1.64. The maximum absolute atomic E-state index is 13.9. The molecular weight excluding hydrogens is 628 g/mol. The van der Waals surface area contributed by atoms with Gasteiger partial charge in [0.15, 0.2) is 12.1 Å². The number of hydrogen-bond acceptors (Lipinski definition) is 13. The van der Waals surface area contributed by atoms with Crippen molar-refractivity contribution in [1.82, 2.24) is 0 Å². The molecule has 0 aromatic heterocycles. The molecule has 13 heteroatoms. The predicted molar refractivity (Wildman–Crippen MR) is 169 cm³/mol. The summed E-state index contributed by atoms with van der Waals surface area (Å²) in [6.07, 6.45) is -6.59. The van der Waals surface area contributed by atoms with E-state index < -0.39 is 101 Å². The molecule has 0 unspecified atom stereocenters. The number of rotatable bonds is 9. The van der Waals surface area contributed by atoms with Crippen LogP contribution in [0.2, 0.25) is 0 Å². The molecule has 1 saturated heterocycles. The smallest absolute Gasteiger partial charge is 0.303 e. The van der Waals surface area contributed by atoms with Gasteiger partial charge in [-0.25, -0.2) is 0 Å². The highest BCUT2D eigenvalue weighted by atomic mass is 16.7. The van der Waals surface area contributed by atoms with Crippen LogP contribution in [0, 0.1) is 28.6 Å². The van der Waals surface area contributed by atoms with Crippen molar-refractivity contribution in [1.29, 1.82) is 0 Å². The first-order chi connectivity index (χ1) is 22.1. The van der Waals surface area contributed by atoms with E-state index in [9.17, 15) is 50.4 Å². The molecule has 0 radical (unpaired) electrons. The molecule has 5 aliphatic rings. The third-order valence-electron chi connectivity index (χ3n) is 13.1. The average Bonchev–Trinajstić information content (AvgIpc) is 3.28. The minimum Gasteiger partial charge on any atom is -0.460 e. The number of aliphatic hydroxyl groups is 8. The van der Waals surface area contributed by atoms with Gasteiger partial charge in [-0.1, -0.05) is 13.8 Å². The fourth-order valence-corrected chi connectivity index (χ4v) is 10.2. The average molecular weight is 685 g/mol. The van der Waals surface area contributed by atoms with E-state index >= 15 is 0 Å². The standard InChI is InChI=1S/C35H56O13/c1-17(37)48-31(2,3)10-9-26(40)34(6,44)25-8-12-35(45)19-13-21(38)20-14-23(46-30-29(43)28(42)27(41)24(16-36)47-30)22(39)15-32(20,4)18(19)7-11-33(25,35)5/h13,18,20,22-30,36,39-45H,7-12,14-16H2,1-6H3/t18-,20-,22-,23+,24+,25-,26+,27+,28-,29+,30+,32+,33+,34+,35+/m0/s1. The summed E-state index contributed by atoms with van der Waals surface area (Å²) in [6, 6.07) is 0. The Morgan fingerprint density at radius 3 is 2.35 bits per heavy atom. The maximum Gasteiger partial charge on any atom is 0.303 e. The molecule has 13 nitrogen and oxygen atoms in total. The molecule has 1 aliphatic heterocycles. The molecule has 0 bridgehead atoms. The van der Waals surface area contributed by atoms with Gasteiger partial charge in [-0.15, -0.1) is 0 Å². The molecule has 15 atom stereocenters. The van der Waals surface area contributed by atoms with Gasteiger partial charge in [0.1, 0.15) is 30.0 Å². The summed E-state index contributed by atoms with van der Waals surface area (Å²) in [4.78, 5) is 25.4. The Morgan fingerprint density at radius 2 is 1.73 bits per heavy atom. The second-order valence-electron chi connectivity index (χ2n) is 16.5. The van der Waals surface area contributed by atoms with Gasteiger partial charge in [-0.2, -0.15) is 0 Å². The highest BCUT2D eigenvalue weighted by Gasteiger charge is 2.69. The Kier molecular flexibility index (Phi) is 10.1. The largest absolute Gasteiger partial charge is 0.460 e. The van der Waals surface area contributed by atoms with E-state index in [4.69, 9.17) is 14.2 Å². The van der Waals surface area contributed by atoms with Gasteiger partial charge in [0.05, 0.1) is 36.1 Å². The molecule has 4 fully saturated rings. The topological polar surface area (TPSA) is 224 Å². The van der Waals surface area contributed by atoms with Gasteiger partial charge in [0.2, 0.25) is 0 Å². The quantitative estimate of drug-likeness (QED) is 0.153. The number of carbonyl (C=O) groups is 2. The second kappa shape index (κ2) is 12.9. The molecule has 48 heavy (non-hydrogen) atoms. The summed E-state index contributed by atoms with van der Waals surface area (Å²) in [5, 5.41) is 87.5. The van der Waals surface area contributed by atoms with Crippen LogP contribution in [0.3, 0.4) is 0 Å².